The van der Waals surface area contributed by atoms with Crippen molar-refractivity contribution in [3.05, 3.63) is 49.0 Å². The molecule has 0 bridgehead atoms. The fraction of sp³-hybridized carbons (Fsp3) is 0.143. The summed E-state index contributed by atoms with van der Waals surface area (Å²) in [6.45, 7) is 3.55. The quantitative estimate of drug-likeness (QED) is 0.609. The second kappa shape index (κ2) is 5.39. The summed E-state index contributed by atoms with van der Waals surface area (Å²) >= 11 is 0. The summed E-state index contributed by atoms with van der Waals surface area (Å²) in [5, 5.41) is 4.14. The minimum atomic E-state index is 0.540. The zero-order chi connectivity index (χ0) is 13.8. The van der Waals surface area contributed by atoms with Crippen molar-refractivity contribution < 1.29 is 9.53 Å². The van der Waals surface area contributed by atoms with Crippen LogP contribution in [-0.4, -0.2) is 30.2 Å². The summed E-state index contributed by atoms with van der Waals surface area (Å²) in [4.78, 5) is 12.6. The van der Waals surface area contributed by atoms with Gasteiger partial charge in [-0.1, -0.05) is 6.58 Å². The molecule has 0 saturated carbocycles. The molecule has 0 radical (unpaired) electrons. The maximum absolute atomic E-state index is 10.7. The lowest BCUT2D eigenvalue weighted by Gasteiger charge is -2.17. The van der Waals surface area contributed by atoms with E-state index in [1.807, 2.05) is 37.2 Å². The lowest BCUT2D eigenvalue weighted by atomic mass is 10.2. The topological polar surface area (TPSA) is 47.4 Å². The van der Waals surface area contributed by atoms with E-state index in [-0.39, 0.29) is 0 Å². The van der Waals surface area contributed by atoms with Gasteiger partial charge >= 0.3 is 0 Å². The number of aldehydes is 1. The SMILES string of the molecule is C=COc1ccc(-n2cc(C=O)cn2)cc1N(C)C. The van der Waals surface area contributed by atoms with E-state index in [4.69, 9.17) is 4.74 Å². The molecule has 0 aliphatic heterocycles. The lowest BCUT2D eigenvalue weighted by molar-refractivity contribution is 0.112. The Balaban J connectivity index is 2.44. The Hall–Kier alpha value is -2.56. The van der Waals surface area contributed by atoms with Gasteiger partial charge in [-0.05, 0) is 18.2 Å². The van der Waals surface area contributed by atoms with Crippen LogP contribution in [0.5, 0.6) is 5.75 Å². The maximum Gasteiger partial charge on any atom is 0.153 e. The van der Waals surface area contributed by atoms with E-state index in [1.54, 1.807) is 10.9 Å². The van der Waals surface area contributed by atoms with E-state index in [0.29, 0.717) is 11.3 Å². The van der Waals surface area contributed by atoms with Crippen molar-refractivity contribution in [3.8, 4) is 11.4 Å². The van der Waals surface area contributed by atoms with Gasteiger partial charge in [-0.2, -0.15) is 5.10 Å². The average molecular weight is 257 g/mol. The minimum Gasteiger partial charge on any atom is -0.463 e. The molecule has 19 heavy (non-hydrogen) atoms. The second-order valence-electron chi connectivity index (χ2n) is 4.17. The highest BCUT2D eigenvalue weighted by molar-refractivity contribution is 5.74. The molecule has 1 aromatic heterocycles. The van der Waals surface area contributed by atoms with E-state index >= 15 is 0 Å². The molecule has 0 aliphatic rings. The maximum atomic E-state index is 10.7. The average Bonchev–Trinajstić information content (AvgIpc) is 2.88. The van der Waals surface area contributed by atoms with E-state index < -0.39 is 0 Å². The van der Waals surface area contributed by atoms with Crippen molar-refractivity contribution in [1.82, 2.24) is 9.78 Å². The van der Waals surface area contributed by atoms with Crippen molar-refractivity contribution in [1.29, 1.82) is 0 Å². The normalized spacial score (nSPS) is 10.0. The number of anilines is 1. The first kappa shape index (κ1) is 12.9. The van der Waals surface area contributed by atoms with Gasteiger partial charge in [0.1, 0.15) is 5.75 Å². The Kier molecular flexibility index (Phi) is 3.66. The summed E-state index contributed by atoms with van der Waals surface area (Å²) in [6, 6.07) is 5.64. The summed E-state index contributed by atoms with van der Waals surface area (Å²) in [7, 11) is 3.85. The highest BCUT2D eigenvalue weighted by atomic mass is 16.5. The summed E-state index contributed by atoms with van der Waals surface area (Å²) in [6.07, 6.45) is 5.36. The molecule has 0 spiro atoms. The van der Waals surface area contributed by atoms with Gasteiger partial charge in [-0.3, -0.25) is 4.79 Å². The number of ether oxygens (including phenoxy) is 1. The van der Waals surface area contributed by atoms with Crippen LogP contribution in [0, 0.1) is 0 Å². The van der Waals surface area contributed by atoms with Crippen LogP contribution in [0.25, 0.3) is 5.69 Å². The first-order chi connectivity index (χ1) is 9.15. The Morgan fingerprint density at radius 3 is 2.79 bits per heavy atom. The molecular weight excluding hydrogens is 242 g/mol. The van der Waals surface area contributed by atoms with E-state index in [0.717, 1.165) is 17.7 Å². The van der Waals surface area contributed by atoms with Crippen LogP contribution in [0.15, 0.2) is 43.4 Å². The molecule has 2 rings (SSSR count). The van der Waals surface area contributed by atoms with Crippen molar-refractivity contribution in [2.24, 2.45) is 0 Å². The molecule has 0 unspecified atom stereocenters. The second-order valence-corrected chi connectivity index (χ2v) is 4.17. The third-order valence-electron chi connectivity index (χ3n) is 2.64. The number of carbonyl (C=O) groups excluding carboxylic acids is 1. The molecule has 5 heteroatoms. The zero-order valence-electron chi connectivity index (χ0n) is 10.9. The number of hydrogen-bond acceptors (Lipinski definition) is 4. The van der Waals surface area contributed by atoms with Crippen LogP contribution in [-0.2, 0) is 0 Å². The third kappa shape index (κ3) is 2.65. The van der Waals surface area contributed by atoms with Crippen LogP contribution in [0.1, 0.15) is 10.4 Å². The standard InChI is InChI=1S/C14H15N3O2/c1-4-19-14-6-5-12(7-13(14)16(2)3)17-9-11(10-18)8-15-17/h4-10H,1H2,2-3H3. The summed E-state index contributed by atoms with van der Waals surface area (Å²) < 4.78 is 7.00. The van der Waals surface area contributed by atoms with Crippen molar-refractivity contribution in [2.45, 2.75) is 0 Å². The predicted octanol–water partition coefficient (Wildman–Crippen LogP) is 2.27. The molecule has 0 fully saturated rings. The van der Waals surface area contributed by atoms with E-state index in [1.165, 1.54) is 12.5 Å². The molecule has 0 atom stereocenters. The molecule has 0 aliphatic carbocycles. The fourth-order valence-electron chi connectivity index (χ4n) is 1.73. The van der Waals surface area contributed by atoms with Crippen LogP contribution < -0.4 is 9.64 Å². The summed E-state index contributed by atoms with van der Waals surface area (Å²) in [5.41, 5.74) is 2.30. The smallest absolute Gasteiger partial charge is 0.153 e. The molecule has 0 N–H and O–H groups in total. The molecule has 1 aromatic carbocycles. The molecule has 0 amide bonds. The highest BCUT2D eigenvalue weighted by Crippen LogP contribution is 2.29. The number of benzene rings is 1. The predicted molar refractivity (Wildman–Crippen MR) is 74.1 cm³/mol. The number of carbonyl (C=O) groups is 1. The van der Waals surface area contributed by atoms with E-state index in [9.17, 15) is 4.79 Å². The number of aromatic nitrogens is 2. The van der Waals surface area contributed by atoms with Gasteiger partial charge in [0, 0.05) is 20.3 Å². The van der Waals surface area contributed by atoms with Crippen LogP contribution in [0.4, 0.5) is 5.69 Å². The Morgan fingerprint density at radius 2 is 2.21 bits per heavy atom. The Labute approximate surface area is 111 Å². The molecule has 98 valence electrons. The van der Waals surface area contributed by atoms with Gasteiger partial charge in [-0.15, -0.1) is 0 Å². The molecule has 5 nitrogen and oxygen atoms in total. The number of hydrogen-bond donors (Lipinski definition) is 0. The van der Waals surface area contributed by atoms with Crippen molar-refractivity contribution >= 4 is 12.0 Å². The first-order valence-electron chi connectivity index (χ1n) is 5.75. The molecule has 1 heterocycles. The van der Waals surface area contributed by atoms with Gasteiger partial charge in [0.25, 0.3) is 0 Å². The molecular formula is C14H15N3O2. The Morgan fingerprint density at radius 1 is 1.42 bits per heavy atom. The minimum absolute atomic E-state index is 0.540. The lowest BCUT2D eigenvalue weighted by Crippen LogP contribution is -2.10. The number of rotatable bonds is 5. The van der Waals surface area contributed by atoms with Gasteiger partial charge in [0.05, 0.1) is 29.4 Å². The first-order valence-corrected chi connectivity index (χ1v) is 5.75. The van der Waals surface area contributed by atoms with Gasteiger partial charge in [-0.25, -0.2) is 4.68 Å². The van der Waals surface area contributed by atoms with Gasteiger partial charge < -0.3 is 9.64 Å². The monoisotopic (exact) mass is 257 g/mol. The van der Waals surface area contributed by atoms with Crippen LogP contribution in [0.3, 0.4) is 0 Å². The largest absolute Gasteiger partial charge is 0.463 e. The van der Waals surface area contributed by atoms with Crippen LogP contribution >= 0.6 is 0 Å². The Bertz CT molecular complexity index is 602. The van der Waals surface area contributed by atoms with Crippen molar-refractivity contribution in [3.63, 3.8) is 0 Å². The summed E-state index contributed by atoms with van der Waals surface area (Å²) in [5.74, 6) is 0.714. The van der Waals surface area contributed by atoms with Crippen LogP contribution in [0.2, 0.25) is 0 Å². The highest BCUT2D eigenvalue weighted by Gasteiger charge is 2.08. The third-order valence-corrected chi connectivity index (χ3v) is 2.64. The van der Waals surface area contributed by atoms with Crippen molar-refractivity contribution in [2.75, 3.05) is 19.0 Å². The van der Waals surface area contributed by atoms with E-state index in [2.05, 4.69) is 11.7 Å². The zero-order valence-corrected chi connectivity index (χ0v) is 10.9. The number of nitrogens with zero attached hydrogens (tertiary/aromatic N) is 3. The molecule has 0 saturated heterocycles. The van der Waals surface area contributed by atoms with Gasteiger partial charge in [0.2, 0.25) is 0 Å². The molecule has 2 aromatic rings. The fourth-order valence-corrected chi connectivity index (χ4v) is 1.73. The van der Waals surface area contributed by atoms with Gasteiger partial charge in [0.15, 0.2) is 6.29 Å².